The minimum absolute atomic E-state index is 0.557. The molecule has 0 saturated carbocycles. The minimum atomic E-state index is 0.557. The van der Waals surface area contributed by atoms with Crippen LogP contribution in [0.25, 0.3) is 0 Å². The summed E-state index contributed by atoms with van der Waals surface area (Å²) in [6, 6.07) is 4.01. The summed E-state index contributed by atoms with van der Waals surface area (Å²) in [6.45, 7) is 4.09. The molecule has 1 aromatic rings. The summed E-state index contributed by atoms with van der Waals surface area (Å²) in [5.74, 6) is 0.557. The van der Waals surface area contributed by atoms with Gasteiger partial charge in [-0.15, -0.1) is 0 Å². The maximum Gasteiger partial charge on any atom is 0.0491 e. The number of hydrogen-bond acceptors (Lipinski definition) is 2. The number of nitrogens with one attached hydrogen (secondary N) is 1. The van der Waals surface area contributed by atoms with Crippen LogP contribution in [0, 0.1) is 6.92 Å². The van der Waals surface area contributed by atoms with E-state index in [4.69, 9.17) is 17.3 Å². The molecule has 1 unspecified atom stereocenters. The van der Waals surface area contributed by atoms with Gasteiger partial charge >= 0.3 is 0 Å². The first-order valence-electron chi connectivity index (χ1n) is 4.95. The van der Waals surface area contributed by atoms with E-state index in [0.717, 1.165) is 29.4 Å². The van der Waals surface area contributed by atoms with Gasteiger partial charge in [-0.2, -0.15) is 0 Å². The first-order chi connectivity index (χ1) is 6.70. The van der Waals surface area contributed by atoms with Gasteiger partial charge in [-0.05, 0) is 43.0 Å². The smallest absolute Gasteiger partial charge is 0.0491 e. The first-order valence-corrected chi connectivity index (χ1v) is 5.33. The molecule has 3 N–H and O–H groups in total. The van der Waals surface area contributed by atoms with Crippen LogP contribution in [-0.2, 0) is 0 Å². The third-order valence-electron chi connectivity index (χ3n) is 2.96. The van der Waals surface area contributed by atoms with E-state index in [9.17, 15) is 0 Å². The Bertz CT molecular complexity index is 343. The van der Waals surface area contributed by atoms with Gasteiger partial charge in [-0.3, -0.25) is 0 Å². The zero-order chi connectivity index (χ0) is 10.1. The van der Waals surface area contributed by atoms with E-state index in [2.05, 4.69) is 11.4 Å². The number of nitrogen functional groups attached to an aromatic ring is 1. The number of halogens is 1. The summed E-state index contributed by atoms with van der Waals surface area (Å²) in [5.41, 5.74) is 8.82. The van der Waals surface area contributed by atoms with Crippen LogP contribution in [0.2, 0.25) is 5.02 Å². The predicted octanol–water partition coefficient (Wildman–Crippen LogP) is 2.31. The van der Waals surface area contributed by atoms with Crippen molar-refractivity contribution in [3.63, 3.8) is 0 Å². The molecule has 0 spiro atoms. The van der Waals surface area contributed by atoms with Crippen LogP contribution in [0.4, 0.5) is 5.69 Å². The highest BCUT2D eigenvalue weighted by molar-refractivity contribution is 6.32. The van der Waals surface area contributed by atoms with Gasteiger partial charge in [0.1, 0.15) is 0 Å². The molecule has 1 aliphatic rings. The quantitative estimate of drug-likeness (QED) is 0.699. The van der Waals surface area contributed by atoms with E-state index >= 15 is 0 Å². The molecule has 1 aromatic carbocycles. The van der Waals surface area contributed by atoms with Crippen LogP contribution in [-0.4, -0.2) is 13.1 Å². The SMILES string of the molecule is Cc1c(N)ccc(C2CCNC2)c1Cl. The summed E-state index contributed by atoms with van der Waals surface area (Å²) in [6.07, 6.45) is 1.17. The fourth-order valence-electron chi connectivity index (χ4n) is 1.96. The summed E-state index contributed by atoms with van der Waals surface area (Å²) in [5, 5.41) is 4.19. The Labute approximate surface area is 89.4 Å². The normalized spacial score (nSPS) is 21.4. The van der Waals surface area contributed by atoms with Gasteiger partial charge in [-0.1, -0.05) is 17.7 Å². The van der Waals surface area contributed by atoms with E-state index < -0.39 is 0 Å². The number of benzene rings is 1. The molecule has 1 atom stereocenters. The molecule has 0 bridgehead atoms. The standard InChI is InChI=1S/C11H15ClN2/c1-7-10(13)3-2-9(11(7)12)8-4-5-14-6-8/h2-3,8,14H,4-6,13H2,1H3. The fraction of sp³-hybridized carbons (Fsp3) is 0.455. The molecule has 0 aromatic heterocycles. The van der Waals surface area contributed by atoms with E-state index in [1.165, 1.54) is 12.0 Å². The van der Waals surface area contributed by atoms with E-state index in [1.54, 1.807) is 0 Å². The zero-order valence-electron chi connectivity index (χ0n) is 8.31. The van der Waals surface area contributed by atoms with Gasteiger partial charge in [0, 0.05) is 17.3 Å². The minimum Gasteiger partial charge on any atom is -0.398 e. The highest BCUT2D eigenvalue weighted by Gasteiger charge is 2.20. The Morgan fingerprint density at radius 2 is 2.29 bits per heavy atom. The Morgan fingerprint density at radius 3 is 2.93 bits per heavy atom. The largest absolute Gasteiger partial charge is 0.398 e. The molecule has 1 heterocycles. The van der Waals surface area contributed by atoms with Crippen LogP contribution < -0.4 is 11.1 Å². The van der Waals surface area contributed by atoms with Gasteiger partial charge in [0.15, 0.2) is 0 Å². The van der Waals surface area contributed by atoms with Crippen molar-refractivity contribution in [2.45, 2.75) is 19.3 Å². The Balaban J connectivity index is 2.38. The zero-order valence-corrected chi connectivity index (χ0v) is 9.06. The lowest BCUT2D eigenvalue weighted by Gasteiger charge is -2.14. The monoisotopic (exact) mass is 210 g/mol. The third-order valence-corrected chi connectivity index (χ3v) is 3.46. The molecule has 1 aliphatic heterocycles. The fourth-order valence-corrected chi connectivity index (χ4v) is 2.28. The highest BCUT2D eigenvalue weighted by Crippen LogP contribution is 2.33. The maximum absolute atomic E-state index is 6.27. The first kappa shape index (κ1) is 9.81. The summed E-state index contributed by atoms with van der Waals surface area (Å²) in [7, 11) is 0. The van der Waals surface area contributed by atoms with Crippen molar-refractivity contribution in [3.05, 3.63) is 28.3 Å². The lowest BCUT2D eigenvalue weighted by Crippen LogP contribution is -2.08. The number of anilines is 1. The van der Waals surface area contributed by atoms with E-state index in [0.29, 0.717) is 5.92 Å². The predicted molar refractivity (Wildman–Crippen MR) is 60.8 cm³/mol. The average Bonchev–Trinajstić information content (AvgIpc) is 2.67. The second-order valence-corrected chi connectivity index (χ2v) is 4.25. The highest BCUT2D eigenvalue weighted by atomic mass is 35.5. The maximum atomic E-state index is 6.27. The summed E-state index contributed by atoms with van der Waals surface area (Å²) >= 11 is 6.27. The van der Waals surface area contributed by atoms with Crippen molar-refractivity contribution < 1.29 is 0 Å². The lowest BCUT2D eigenvalue weighted by molar-refractivity contribution is 0.763. The van der Waals surface area contributed by atoms with Crippen LogP contribution in [0.15, 0.2) is 12.1 Å². The Kier molecular flexibility index (Phi) is 2.66. The number of rotatable bonds is 1. The van der Waals surface area contributed by atoms with Crippen molar-refractivity contribution in [1.29, 1.82) is 0 Å². The topological polar surface area (TPSA) is 38.0 Å². The lowest BCUT2D eigenvalue weighted by atomic mass is 9.96. The van der Waals surface area contributed by atoms with Crippen molar-refractivity contribution in [2.75, 3.05) is 18.8 Å². The van der Waals surface area contributed by atoms with Gasteiger partial charge in [0.25, 0.3) is 0 Å². The molecule has 76 valence electrons. The molecular formula is C11H15ClN2. The van der Waals surface area contributed by atoms with Crippen LogP contribution in [0.5, 0.6) is 0 Å². The van der Waals surface area contributed by atoms with Crippen molar-refractivity contribution in [1.82, 2.24) is 5.32 Å². The van der Waals surface area contributed by atoms with Crippen LogP contribution >= 0.6 is 11.6 Å². The summed E-state index contributed by atoms with van der Waals surface area (Å²) in [4.78, 5) is 0. The van der Waals surface area contributed by atoms with Crippen molar-refractivity contribution >= 4 is 17.3 Å². The van der Waals surface area contributed by atoms with E-state index in [-0.39, 0.29) is 0 Å². The van der Waals surface area contributed by atoms with Gasteiger partial charge in [-0.25, -0.2) is 0 Å². The van der Waals surface area contributed by atoms with Gasteiger partial charge < -0.3 is 11.1 Å². The average molecular weight is 211 g/mol. The molecule has 3 heteroatoms. The van der Waals surface area contributed by atoms with Gasteiger partial charge in [0.05, 0.1) is 0 Å². The van der Waals surface area contributed by atoms with Crippen LogP contribution in [0.1, 0.15) is 23.5 Å². The molecule has 1 fully saturated rings. The van der Waals surface area contributed by atoms with Crippen LogP contribution in [0.3, 0.4) is 0 Å². The number of hydrogen-bond donors (Lipinski definition) is 2. The second kappa shape index (κ2) is 3.79. The van der Waals surface area contributed by atoms with Crippen molar-refractivity contribution in [3.8, 4) is 0 Å². The molecule has 1 saturated heterocycles. The molecule has 0 amide bonds. The summed E-state index contributed by atoms with van der Waals surface area (Å²) < 4.78 is 0. The van der Waals surface area contributed by atoms with Crippen molar-refractivity contribution in [2.24, 2.45) is 0 Å². The van der Waals surface area contributed by atoms with E-state index in [1.807, 2.05) is 13.0 Å². The molecule has 2 nitrogen and oxygen atoms in total. The molecular weight excluding hydrogens is 196 g/mol. The van der Waals surface area contributed by atoms with Gasteiger partial charge in [0.2, 0.25) is 0 Å². The molecule has 2 rings (SSSR count). The molecule has 0 aliphatic carbocycles. The molecule has 0 radical (unpaired) electrons. The third kappa shape index (κ3) is 1.60. The Hall–Kier alpha value is -0.730. The molecule has 14 heavy (non-hydrogen) atoms. The Morgan fingerprint density at radius 1 is 1.50 bits per heavy atom. The number of nitrogens with two attached hydrogens (primary N) is 1. The second-order valence-electron chi connectivity index (χ2n) is 3.87.